The molecule has 214 valence electrons. The number of hydrogen-bond donors (Lipinski definition) is 0. The molecule has 0 fully saturated rings. The first kappa shape index (κ1) is 26.5. The number of fused-ring (bicyclic) bond motifs is 4. The van der Waals surface area contributed by atoms with E-state index >= 15 is 0 Å². The van der Waals surface area contributed by atoms with Crippen molar-refractivity contribution in [3.8, 4) is 34.2 Å². The minimum Gasteiger partial charge on any atom is -0.306 e. The average Bonchev–Trinajstić information content (AvgIpc) is 3.60. The van der Waals surface area contributed by atoms with Crippen LogP contribution < -0.4 is 0 Å². The van der Waals surface area contributed by atoms with Gasteiger partial charge in [0.25, 0.3) is 0 Å². The van der Waals surface area contributed by atoms with Crippen molar-refractivity contribution < 1.29 is 0 Å². The van der Waals surface area contributed by atoms with Crippen LogP contribution in [0.3, 0.4) is 0 Å². The van der Waals surface area contributed by atoms with Crippen LogP contribution in [0, 0.1) is 0 Å². The minimum absolute atomic E-state index is 0.660. The summed E-state index contributed by atoms with van der Waals surface area (Å²) in [4.78, 5) is 20.3. The maximum atomic E-state index is 5.34. The lowest BCUT2D eigenvalue weighted by atomic mass is 10.1. The standard InChI is InChI=1S/C39H28N6/c1-3-31-37(40-4-2)38-34(44(31)28-20-12-7-13-21-28)25-33-36(43-38)29-22-14-15-23-32(29)45(33)35-24-30(26-16-8-5-9-17-26)41-39(42-35)27-18-10-6-11-19-27/h3-25H,1H2,2H3. The Bertz CT molecular complexity index is 2330. The average molecular weight is 581 g/mol. The molecule has 4 heterocycles. The predicted molar refractivity (Wildman–Crippen MR) is 186 cm³/mol. The molecule has 45 heavy (non-hydrogen) atoms. The molecule has 6 nitrogen and oxygen atoms in total. The van der Waals surface area contributed by atoms with E-state index in [1.807, 2.05) is 85.9 Å². The van der Waals surface area contributed by atoms with E-state index < -0.39 is 0 Å². The lowest BCUT2D eigenvalue weighted by molar-refractivity contribution is 1.05. The first-order valence-electron chi connectivity index (χ1n) is 14.9. The highest BCUT2D eigenvalue weighted by Crippen LogP contribution is 2.40. The second-order valence-electron chi connectivity index (χ2n) is 10.7. The number of para-hydroxylation sites is 2. The van der Waals surface area contributed by atoms with Crippen molar-refractivity contribution in [2.75, 3.05) is 0 Å². The van der Waals surface area contributed by atoms with Gasteiger partial charge < -0.3 is 4.57 Å². The maximum Gasteiger partial charge on any atom is 0.162 e. The SMILES string of the molecule is C=Cc1c(N=CC)c2nc3c4ccccc4n(-c4cc(-c5ccccc5)nc(-c5ccccc5)n4)c3cc2n1-c1ccccc1. The van der Waals surface area contributed by atoms with Crippen LogP contribution in [0.2, 0.25) is 0 Å². The van der Waals surface area contributed by atoms with Crippen LogP contribution in [0.25, 0.3) is 73.2 Å². The topological polar surface area (TPSA) is 60.9 Å². The third-order valence-corrected chi connectivity index (χ3v) is 8.08. The van der Waals surface area contributed by atoms with Crippen LogP contribution in [-0.4, -0.2) is 30.3 Å². The van der Waals surface area contributed by atoms with Gasteiger partial charge in [-0.05, 0) is 37.3 Å². The van der Waals surface area contributed by atoms with Gasteiger partial charge in [0.05, 0.1) is 33.5 Å². The maximum absolute atomic E-state index is 5.34. The highest BCUT2D eigenvalue weighted by Gasteiger charge is 2.23. The van der Waals surface area contributed by atoms with Crippen molar-refractivity contribution in [3.05, 3.63) is 140 Å². The van der Waals surface area contributed by atoms with Crippen molar-refractivity contribution in [2.45, 2.75) is 6.92 Å². The lowest BCUT2D eigenvalue weighted by Gasteiger charge is -2.12. The summed E-state index contributed by atoms with van der Waals surface area (Å²) < 4.78 is 4.39. The summed E-state index contributed by atoms with van der Waals surface area (Å²) in [5.74, 6) is 1.43. The largest absolute Gasteiger partial charge is 0.306 e. The van der Waals surface area contributed by atoms with Crippen LogP contribution in [0.4, 0.5) is 5.69 Å². The van der Waals surface area contributed by atoms with Crippen LogP contribution in [0.15, 0.2) is 139 Å². The van der Waals surface area contributed by atoms with Crippen LogP contribution in [0.5, 0.6) is 0 Å². The van der Waals surface area contributed by atoms with E-state index in [-0.39, 0.29) is 0 Å². The van der Waals surface area contributed by atoms with Gasteiger partial charge in [0.15, 0.2) is 5.82 Å². The first-order chi connectivity index (χ1) is 22.2. The van der Waals surface area contributed by atoms with E-state index in [2.05, 4.69) is 76.4 Å². The van der Waals surface area contributed by atoms with Gasteiger partial charge in [-0.1, -0.05) is 104 Å². The molecule has 8 rings (SSSR count). The molecule has 0 aliphatic rings. The van der Waals surface area contributed by atoms with E-state index in [9.17, 15) is 0 Å². The summed E-state index contributed by atoms with van der Waals surface area (Å²) in [5, 5.41) is 1.04. The number of aromatic nitrogens is 5. The Morgan fingerprint density at radius 2 is 1.27 bits per heavy atom. The number of aliphatic imine (C=N–C) groups is 1. The molecule has 6 heteroatoms. The number of benzene rings is 4. The number of nitrogens with zero attached hydrogens (tertiary/aromatic N) is 6. The Morgan fingerprint density at radius 3 is 1.98 bits per heavy atom. The van der Waals surface area contributed by atoms with Gasteiger partial charge in [-0.2, -0.15) is 0 Å². The lowest BCUT2D eigenvalue weighted by Crippen LogP contribution is -2.03. The second-order valence-corrected chi connectivity index (χ2v) is 10.7. The monoisotopic (exact) mass is 580 g/mol. The summed E-state index contributed by atoms with van der Waals surface area (Å²) in [6.45, 7) is 6.08. The third-order valence-electron chi connectivity index (χ3n) is 8.08. The summed E-state index contributed by atoms with van der Waals surface area (Å²) >= 11 is 0. The van der Waals surface area contributed by atoms with E-state index in [0.717, 1.165) is 72.7 Å². The quantitative estimate of drug-likeness (QED) is 0.184. The van der Waals surface area contributed by atoms with Gasteiger partial charge >= 0.3 is 0 Å². The fourth-order valence-corrected chi connectivity index (χ4v) is 6.13. The molecule has 0 N–H and O–H groups in total. The molecule has 0 spiro atoms. The molecule has 0 atom stereocenters. The summed E-state index contributed by atoms with van der Waals surface area (Å²) in [7, 11) is 0. The van der Waals surface area contributed by atoms with Gasteiger partial charge in [0.1, 0.15) is 17.0 Å². The molecule has 0 saturated carbocycles. The highest BCUT2D eigenvalue weighted by molar-refractivity contribution is 6.12. The fourth-order valence-electron chi connectivity index (χ4n) is 6.13. The summed E-state index contributed by atoms with van der Waals surface area (Å²) in [5.41, 5.74) is 10.1. The molecular weight excluding hydrogens is 552 g/mol. The Labute approximate surface area is 260 Å². The molecule has 4 aromatic heterocycles. The second kappa shape index (κ2) is 10.8. The molecule has 0 amide bonds. The Kier molecular flexibility index (Phi) is 6.38. The molecule has 8 aromatic rings. The Balaban J connectivity index is 1.50. The highest BCUT2D eigenvalue weighted by atomic mass is 15.1. The number of hydrogen-bond acceptors (Lipinski definition) is 4. The van der Waals surface area contributed by atoms with Gasteiger partial charge in [-0.15, -0.1) is 0 Å². The molecule has 0 aliphatic carbocycles. The molecule has 0 saturated heterocycles. The molecule has 4 aromatic carbocycles. The zero-order valence-corrected chi connectivity index (χ0v) is 24.7. The molecule has 0 radical (unpaired) electrons. The fraction of sp³-hybridized carbons (Fsp3) is 0.0256. The molecule has 0 aliphatic heterocycles. The molecule has 0 unspecified atom stereocenters. The Hall–Kier alpha value is -6.14. The zero-order chi connectivity index (χ0) is 30.3. The van der Waals surface area contributed by atoms with E-state index in [1.165, 1.54) is 0 Å². The van der Waals surface area contributed by atoms with Crippen molar-refractivity contribution >= 4 is 50.9 Å². The summed E-state index contributed by atoms with van der Waals surface area (Å²) in [6, 6.07) is 43.3. The van der Waals surface area contributed by atoms with Crippen molar-refractivity contribution in [1.29, 1.82) is 0 Å². The number of pyridine rings is 1. The zero-order valence-electron chi connectivity index (χ0n) is 24.7. The predicted octanol–water partition coefficient (Wildman–Crippen LogP) is 9.61. The van der Waals surface area contributed by atoms with Crippen LogP contribution >= 0.6 is 0 Å². The van der Waals surface area contributed by atoms with E-state index in [1.54, 1.807) is 0 Å². The normalized spacial score (nSPS) is 11.7. The minimum atomic E-state index is 0.660. The van der Waals surface area contributed by atoms with Gasteiger partial charge in [-0.25, -0.2) is 15.0 Å². The van der Waals surface area contributed by atoms with Crippen LogP contribution in [-0.2, 0) is 0 Å². The summed E-state index contributed by atoms with van der Waals surface area (Å²) in [6.07, 6.45) is 3.67. The third kappa shape index (κ3) is 4.34. The smallest absolute Gasteiger partial charge is 0.162 e. The molecular formula is C39H28N6. The van der Waals surface area contributed by atoms with E-state index in [4.69, 9.17) is 19.9 Å². The van der Waals surface area contributed by atoms with Gasteiger partial charge in [0.2, 0.25) is 0 Å². The Morgan fingerprint density at radius 1 is 0.622 bits per heavy atom. The first-order valence-corrected chi connectivity index (χ1v) is 14.9. The van der Waals surface area contributed by atoms with E-state index in [0.29, 0.717) is 5.82 Å². The van der Waals surface area contributed by atoms with Crippen molar-refractivity contribution in [3.63, 3.8) is 0 Å². The van der Waals surface area contributed by atoms with Crippen LogP contribution in [0.1, 0.15) is 12.6 Å². The van der Waals surface area contributed by atoms with Gasteiger partial charge in [0, 0.05) is 34.5 Å². The van der Waals surface area contributed by atoms with Gasteiger partial charge in [-0.3, -0.25) is 9.56 Å². The van der Waals surface area contributed by atoms with Crippen molar-refractivity contribution in [2.24, 2.45) is 4.99 Å². The number of rotatable bonds is 6. The van der Waals surface area contributed by atoms with Crippen molar-refractivity contribution in [1.82, 2.24) is 24.1 Å². The molecule has 0 bridgehead atoms.